The van der Waals surface area contributed by atoms with E-state index in [1.54, 1.807) is 29.4 Å². The molecule has 0 bridgehead atoms. The summed E-state index contributed by atoms with van der Waals surface area (Å²) < 4.78 is 22.0. The van der Waals surface area contributed by atoms with Crippen LogP contribution in [0.5, 0.6) is 0 Å². The predicted octanol–water partition coefficient (Wildman–Crippen LogP) is 2.62. The van der Waals surface area contributed by atoms with E-state index in [2.05, 4.69) is 0 Å². The fraction of sp³-hybridized carbons (Fsp3) is 0.379. The summed E-state index contributed by atoms with van der Waals surface area (Å²) in [7, 11) is 0. The Labute approximate surface area is 223 Å². The van der Waals surface area contributed by atoms with Crippen molar-refractivity contribution in [2.45, 2.75) is 58.9 Å². The van der Waals surface area contributed by atoms with Crippen LogP contribution in [0.3, 0.4) is 0 Å². The largest absolute Gasteiger partial charge is 0.458 e. The molecule has 3 aromatic rings. The van der Waals surface area contributed by atoms with E-state index >= 15 is 4.39 Å². The molecule has 6 rings (SSSR count). The number of esters is 1. The van der Waals surface area contributed by atoms with Gasteiger partial charge in [0.25, 0.3) is 5.56 Å². The lowest BCUT2D eigenvalue weighted by molar-refractivity contribution is -0.172. The van der Waals surface area contributed by atoms with E-state index in [0.29, 0.717) is 42.0 Å². The SMILES string of the molecule is CC[C@@]1(O)C(=O)OCc2c1cc1n(c2=O)Cc2c-1nc1cc(F)c(C)c(C3=CCN(C(C)=O)CC3)c1c2CN. The third-order valence-corrected chi connectivity index (χ3v) is 8.47. The molecule has 39 heavy (non-hydrogen) atoms. The lowest BCUT2D eigenvalue weighted by atomic mass is 9.85. The maximum Gasteiger partial charge on any atom is 0.343 e. The Kier molecular flexibility index (Phi) is 5.74. The van der Waals surface area contributed by atoms with Crippen LogP contribution in [0.25, 0.3) is 27.9 Å². The Balaban J connectivity index is 1.61. The van der Waals surface area contributed by atoms with Crippen LogP contribution in [0.15, 0.2) is 23.0 Å². The molecule has 9 nitrogen and oxygen atoms in total. The number of pyridine rings is 2. The summed E-state index contributed by atoms with van der Waals surface area (Å²) in [5, 5.41) is 11.9. The predicted molar refractivity (Wildman–Crippen MR) is 142 cm³/mol. The second-order valence-corrected chi connectivity index (χ2v) is 10.4. The van der Waals surface area contributed by atoms with Gasteiger partial charge in [0.1, 0.15) is 12.4 Å². The summed E-state index contributed by atoms with van der Waals surface area (Å²) in [6.45, 7) is 6.00. The molecule has 0 radical (unpaired) electrons. The maximum absolute atomic E-state index is 15.3. The second-order valence-electron chi connectivity index (χ2n) is 10.4. The number of ether oxygens (including phenoxy) is 1. The zero-order valence-corrected chi connectivity index (χ0v) is 22.1. The van der Waals surface area contributed by atoms with E-state index < -0.39 is 17.4 Å². The van der Waals surface area contributed by atoms with Crippen LogP contribution in [-0.4, -0.2) is 44.5 Å². The van der Waals surface area contributed by atoms with Gasteiger partial charge in [-0.25, -0.2) is 14.2 Å². The van der Waals surface area contributed by atoms with Crippen molar-refractivity contribution in [2.75, 3.05) is 13.1 Å². The van der Waals surface area contributed by atoms with Crippen LogP contribution in [0, 0.1) is 12.7 Å². The molecular weight excluding hydrogens is 503 g/mol. The number of carbonyl (C=O) groups is 2. The Hall–Kier alpha value is -3.89. The fourth-order valence-electron chi connectivity index (χ4n) is 6.21. The summed E-state index contributed by atoms with van der Waals surface area (Å²) in [6, 6.07) is 3.02. The van der Waals surface area contributed by atoms with Gasteiger partial charge in [0, 0.05) is 49.1 Å². The number of amides is 1. The van der Waals surface area contributed by atoms with E-state index in [1.165, 1.54) is 13.0 Å². The van der Waals surface area contributed by atoms with Crippen molar-refractivity contribution in [3.8, 4) is 11.4 Å². The first-order chi connectivity index (χ1) is 18.6. The van der Waals surface area contributed by atoms with Crippen LogP contribution in [0.2, 0.25) is 0 Å². The molecule has 0 saturated carbocycles. The molecule has 3 aliphatic rings. The average molecular weight is 533 g/mol. The molecule has 3 aliphatic heterocycles. The van der Waals surface area contributed by atoms with Crippen LogP contribution < -0.4 is 11.3 Å². The number of halogens is 1. The van der Waals surface area contributed by atoms with E-state index in [4.69, 9.17) is 15.5 Å². The van der Waals surface area contributed by atoms with Crippen LogP contribution in [0.1, 0.15) is 60.1 Å². The number of benzene rings is 1. The van der Waals surface area contributed by atoms with Crippen molar-refractivity contribution in [2.24, 2.45) is 5.73 Å². The minimum Gasteiger partial charge on any atom is -0.458 e. The maximum atomic E-state index is 15.3. The van der Waals surface area contributed by atoms with E-state index in [1.807, 2.05) is 6.08 Å². The number of aliphatic hydroxyl groups is 1. The van der Waals surface area contributed by atoms with Gasteiger partial charge in [-0.15, -0.1) is 0 Å². The Bertz CT molecular complexity index is 1710. The highest BCUT2D eigenvalue weighted by Gasteiger charge is 2.45. The monoisotopic (exact) mass is 532 g/mol. The van der Waals surface area contributed by atoms with Gasteiger partial charge < -0.3 is 25.0 Å². The molecule has 0 unspecified atom stereocenters. The first kappa shape index (κ1) is 25.4. The van der Waals surface area contributed by atoms with Gasteiger partial charge in [-0.3, -0.25) is 9.59 Å². The van der Waals surface area contributed by atoms with Gasteiger partial charge in [-0.2, -0.15) is 0 Å². The fourth-order valence-corrected chi connectivity index (χ4v) is 6.21. The van der Waals surface area contributed by atoms with Crippen molar-refractivity contribution < 1.29 is 23.8 Å². The number of rotatable bonds is 3. The smallest absolute Gasteiger partial charge is 0.343 e. The molecule has 202 valence electrons. The van der Waals surface area contributed by atoms with Crippen molar-refractivity contribution in [1.29, 1.82) is 0 Å². The highest BCUT2D eigenvalue weighted by atomic mass is 19.1. The number of cyclic esters (lactones) is 1. The van der Waals surface area contributed by atoms with Gasteiger partial charge in [0.05, 0.1) is 29.0 Å². The number of fused-ring (bicyclic) bond motifs is 5. The molecule has 10 heteroatoms. The summed E-state index contributed by atoms with van der Waals surface area (Å²) in [5.74, 6) is -1.21. The molecule has 0 spiro atoms. The molecular formula is C29H29FN4O5. The number of nitrogens with zero attached hydrogens (tertiary/aromatic N) is 3. The lowest BCUT2D eigenvalue weighted by Gasteiger charge is -2.31. The topological polar surface area (TPSA) is 128 Å². The van der Waals surface area contributed by atoms with Gasteiger partial charge in [0.15, 0.2) is 5.60 Å². The van der Waals surface area contributed by atoms with Gasteiger partial charge in [0.2, 0.25) is 5.91 Å². The van der Waals surface area contributed by atoms with Crippen LogP contribution >= 0.6 is 0 Å². The molecule has 2 aromatic heterocycles. The lowest BCUT2D eigenvalue weighted by Crippen LogP contribution is -2.44. The Morgan fingerprint density at radius 2 is 2.05 bits per heavy atom. The highest BCUT2D eigenvalue weighted by Crippen LogP contribution is 2.43. The summed E-state index contributed by atoms with van der Waals surface area (Å²) in [5.41, 5.74) is 9.48. The van der Waals surface area contributed by atoms with Crippen LogP contribution in [0.4, 0.5) is 4.39 Å². The normalized spacial score (nSPS) is 19.9. The first-order valence-corrected chi connectivity index (χ1v) is 13.1. The summed E-state index contributed by atoms with van der Waals surface area (Å²) in [6.07, 6.45) is 2.56. The quantitative estimate of drug-likeness (QED) is 0.388. The standard InChI is InChI=1S/C29H29FN4O5/c1-4-29(38)20-9-23-26-18(12-34(23)27(36)19(20)13-39-28(29)37)17(11-31)25-22(32-26)10-21(30)14(2)24(25)16-5-7-33(8-6-16)15(3)35/h5,9-10,38H,4,6-8,11-13,31H2,1-3H3/t29-/m0/s1. The third-order valence-electron chi connectivity index (χ3n) is 8.47. The van der Waals surface area contributed by atoms with E-state index in [-0.39, 0.29) is 48.7 Å². The molecule has 3 N–H and O–H groups in total. The second kappa shape index (κ2) is 8.82. The van der Waals surface area contributed by atoms with Gasteiger partial charge in [-0.05, 0) is 48.1 Å². The molecule has 1 atom stereocenters. The Morgan fingerprint density at radius 1 is 1.28 bits per heavy atom. The van der Waals surface area contributed by atoms with Crippen LogP contribution in [-0.2, 0) is 39.6 Å². The Morgan fingerprint density at radius 3 is 2.69 bits per heavy atom. The van der Waals surface area contributed by atoms with Gasteiger partial charge >= 0.3 is 5.97 Å². The first-order valence-electron chi connectivity index (χ1n) is 13.1. The zero-order valence-electron chi connectivity index (χ0n) is 22.1. The van der Waals surface area contributed by atoms with Crippen molar-refractivity contribution in [3.05, 3.63) is 67.8 Å². The molecule has 0 saturated heterocycles. The summed E-state index contributed by atoms with van der Waals surface area (Å²) in [4.78, 5) is 44.5. The average Bonchev–Trinajstić information content (AvgIpc) is 3.29. The third kappa shape index (κ3) is 3.51. The minimum atomic E-state index is -1.93. The zero-order chi connectivity index (χ0) is 27.8. The number of hydrogen-bond acceptors (Lipinski definition) is 7. The minimum absolute atomic E-state index is 0.0127. The number of aromatic nitrogens is 2. The van der Waals surface area contributed by atoms with E-state index in [9.17, 15) is 19.5 Å². The van der Waals surface area contributed by atoms with Crippen molar-refractivity contribution >= 4 is 28.4 Å². The molecule has 0 aliphatic carbocycles. The van der Waals surface area contributed by atoms with Gasteiger partial charge in [-0.1, -0.05) is 13.0 Å². The highest BCUT2D eigenvalue weighted by molar-refractivity contribution is 5.99. The number of nitrogens with two attached hydrogens (primary N) is 1. The molecule has 1 aromatic carbocycles. The molecule has 0 fully saturated rings. The molecule has 1 amide bonds. The number of carbonyl (C=O) groups excluding carboxylic acids is 2. The van der Waals surface area contributed by atoms with Crippen molar-refractivity contribution in [1.82, 2.24) is 14.5 Å². The van der Waals surface area contributed by atoms with Crippen molar-refractivity contribution in [3.63, 3.8) is 0 Å². The summed E-state index contributed by atoms with van der Waals surface area (Å²) >= 11 is 0. The van der Waals surface area contributed by atoms with E-state index in [0.717, 1.165) is 27.6 Å². The number of hydrogen-bond donors (Lipinski definition) is 2. The molecule has 5 heterocycles.